The molecule has 1 aliphatic heterocycles. The Hall–Kier alpha value is -4.10. The SMILES string of the molecule is CC/C=C\C/C=C\C/C=C\C/C=C\CCCCCCC(=O)OC[C@H](COP(=O)(O)OP(=O)(O)OC[C@H]1O[C@@H](n2ccc(N)nc2=O)[C@H](O)[C@@H]1O)OC(=O)CCCC(O)/C=C/C=C/C/C=C/CCCCCCCC. The van der Waals surface area contributed by atoms with Gasteiger partial charge in [0.1, 0.15) is 30.7 Å². The van der Waals surface area contributed by atoms with Gasteiger partial charge in [-0.3, -0.25) is 23.2 Å². The molecule has 0 saturated carbocycles. The van der Waals surface area contributed by atoms with Crippen LogP contribution in [0.3, 0.4) is 0 Å². The molecule has 2 rings (SSSR count). The Balaban J connectivity index is 1.87. The van der Waals surface area contributed by atoms with E-state index in [1.165, 1.54) is 44.6 Å². The second kappa shape index (κ2) is 39.3. The molecule has 3 unspecified atom stereocenters. The first-order valence-corrected chi connectivity index (χ1v) is 28.7. The minimum atomic E-state index is -5.48. The standard InChI is InChI=1S/C52H83N3O16P2/c1-3-5-7-9-11-13-15-17-18-19-20-22-24-26-28-30-32-36-47(57)66-40-44(69-48(58)37-33-35-43(56)34-31-29-27-25-23-21-16-14-12-10-8-6-4-2)41-67-72(62,63)71-73(64,65)68-42-45-49(59)50(60)51(70-45)55-39-38-46(53)54-52(55)61/h5,7,11,13,17-18,20-23,27,29,31,34,38-39,43-45,49-51,56,59-60H,3-4,6,8-10,12,14-16,19,24-26,28,30,32-33,35-37,40-42H2,1-2H3,(H,62,63)(H,64,65)(H2,53,54,61)/b7-5-,13-11-,18-17-,22-20-,23-21+,29-27+,34-31+/t43?,44-,45-,49-,50-,51-/m1/s1. The number of carbonyl (C=O) groups is 2. The van der Waals surface area contributed by atoms with E-state index in [0.717, 1.165) is 75.0 Å². The number of esters is 2. The summed E-state index contributed by atoms with van der Waals surface area (Å²) in [5, 5.41) is 31.3. The summed E-state index contributed by atoms with van der Waals surface area (Å²) in [6.07, 6.45) is 38.3. The lowest BCUT2D eigenvalue weighted by Crippen LogP contribution is -2.36. The molecule has 0 radical (unpaired) electrons. The summed E-state index contributed by atoms with van der Waals surface area (Å²) in [6, 6.07) is 1.23. The van der Waals surface area contributed by atoms with Gasteiger partial charge in [0.05, 0.1) is 19.3 Å². The van der Waals surface area contributed by atoms with Crippen LogP contribution in [0.1, 0.15) is 155 Å². The largest absolute Gasteiger partial charge is 0.481 e. The van der Waals surface area contributed by atoms with E-state index in [0.29, 0.717) is 6.42 Å². The number of aliphatic hydroxyl groups excluding tert-OH is 3. The zero-order valence-electron chi connectivity index (χ0n) is 42.8. The number of anilines is 1. The van der Waals surface area contributed by atoms with Gasteiger partial charge in [-0.2, -0.15) is 9.29 Å². The van der Waals surface area contributed by atoms with Crippen LogP contribution in [0.25, 0.3) is 0 Å². The fraction of sp³-hybridized carbons (Fsp3) is 0.615. The van der Waals surface area contributed by atoms with Crippen LogP contribution in [-0.4, -0.2) is 96.9 Å². The lowest BCUT2D eigenvalue weighted by molar-refractivity contribution is -0.161. The minimum absolute atomic E-state index is 0.0550. The van der Waals surface area contributed by atoms with Crippen LogP contribution in [0.4, 0.5) is 5.82 Å². The number of allylic oxidation sites excluding steroid dienone is 13. The van der Waals surface area contributed by atoms with Gasteiger partial charge in [-0.05, 0) is 83.1 Å². The molecule has 73 heavy (non-hydrogen) atoms. The average Bonchev–Trinajstić information content (AvgIpc) is 3.62. The second-order valence-electron chi connectivity index (χ2n) is 17.5. The summed E-state index contributed by atoms with van der Waals surface area (Å²) in [6.45, 7) is 1.82. The number of carbonyl (C=O) groups excluding carboxylic acids is 2. The minimum Gasteiger partial charge on any atom is -0.462 e. The van der Waals surface area contributed by atoms with Crippen molar-refractivity contribution in [3.8, 4) is 0 Å². The van der Waals surface area contributed by atoms with Crippen molar-refractivity contribution in [2.24, 2.45) is 0 Å². The molecule has 0 amide bonds. The van der Waals surface area contributed by atoms with Gasteiger partial charge in [0, 0.05) is 19.0 Å². The first-order valence-electron chi connectivity index (χ1n) is 25.7. The summed E-state index contributed by atoms with van der Waals surface area (Å²) >= 11 is 0. The van der Waals surface area contributed by atoms with Gasteiger partial charge in [-0.1, -0.05) is 144 Å². The van der Waals surface area contributed by atoms with E-state index in [9.17, 15) is 48.6 Å². The molecule has 2 heterocycles. The van der Waals surface area contributed by atoms with E-state index < -0.39 is 89.8 Å². The molecule has 1 aliphatic rings. The van der Waals surface area contributed by atoms with Crippen molar-refractivity contribution >= 4 is 33.4 Å². The predicted molar refractivity (Wildman–Crippen MR) is 281 cm³/mol. The maximum Gasteiger partial charge on any atom is 0.481 e. The number of aromatic nitrogens is 2. The molecule has 21 heteroatoms. The van der Waals surface area contributed by atoms with E-state index in [1.807, 2.05) is 12.2 Å². The number of rotatable bonds is 41. The Morgan fingerprint density at radius 2 is 1.32 bits per heavy atom. The van der Waals surface area contributed by atoms with Gasteiger partial charge >= 0.3 is 33.3 Å². The van der Waals surface area contributed by atoms with Crippen LogP contribution in [0.5, 0.6) is 0 Å². The Kier molecular flexibility index (Phi) is 35.0. The molecule has 412 valence electrons. The molecular formula is C52H83N3O16P2. The van der Waals surface area contributed by atoms with Crippen LogP contribution in [-0.2, 0) is 46.3 Å². The second-order valence-corrected chi connectivity index (χ2v) is 20.5. The van der Waals surface area contributed by atoms with Gasteiger partial charge < -0.3 is 45.1 Å². The number of aliphatic hydroxyl groups is 3. The number of phosphoric ester groups is 2. The lowest BCUT2D eigenvalue weighted by Gasteiger charge is -2.21. The van der Waals surface area contributed by atoms with Crippen LogP contribution in [0, 0.1) is 0 Å². The third-order valence-electron chi connectivity index (χ3n) is 11.1. The van der Waals surface area contributed by atoms with Gasteiger partial charge in [0.15, 0.2) is 12.3 Å². The molecule has 19 nitrogen and oxygen atoms in total. The Bertz CT molecular complexity index is 2070. The lowest BCUT2D eigenvalue weighted by atomic mass is 10.1. The van der Waals surface area contributed by atoms with Gasteiger partial charge in [-0.15, -0.1) is 0 Å². The smallest absolute Gasteiger partial charge is 0.462 e. The molecule has 1 fully saturated rings. The van der Waals surface area contributed by atoms with Gasteiger partial charge in [0.25, 0.3) is 0 Å². The zero-order valence-corrected chi connectivity index (χ0v) is 44.6. The van der Waals surface area contributed by atoms with Crippen molar-refractivity contribution in [2.75, 3.05) is 25.6 Å². The van der Waals surface area contributed by atoms with E-state index in [4.69, 9.17) is 29.0 Å². The fourth-order valence-corrected chi connectivity index (χ4v) is 9.19. The summed E-state index contributed by atoms with van der Waals surface area (Å²) in [5.41, 5.74) is 4.57. The molecule has 0 bridgehead atoms. The number of hydrogen-bond donors (Lipinski definition) is 6. The average molecular weight is 1070 g/mol. The van der Waals surface area contributed by atoms with Crippen molar-refractivity contribution in [3.63, 3.8) is 0 Å². The third kappa shape index (κ3) is 32.1. The normalized spacial score (nSPS) is 20.1. The third-order valence-corrected chi connectivity index (χ3v) is 13.7. The molecule has 0 spiro atoms. The van der Waals surface area contributed by atoms with Crippen molar-refractivity contribution in [2.45, 2.75) is 185 Å². The van der Waals surface area contributed by atoms with Crippen molar-refractivity contribution in [1.82, 2.24) is 9.55 Å². The van der Waals surface area contributed by atoms with Gasteiger partial charge in [-0.25, -0.2) is 13.9 Å². The number of nitrogens with two attached hydrogens (primary N) is 1. The Morgan fingerprint density at radius 1 is 0.740 bits per heavy atom. The molecule has 7 N–H and O–H groups in total. The highest BCUT2D eigenvalue weighted by Gasteiger charge is 2.46. The van der Waals surface area contributed by atoms with Crippen molar-refractivity contribution < 1.29 is 71.4 Å². The van der Waals surface area contributed by atoms with E-state index in [2.05, 4.69) is 83.9 Å². The summed E-state index contributed by atoms with van der Waals surface area (Å²) in [7, 11) is -11.0. The van der Waals surface area contributed by atoms with Crippen LogP contribution in [0.15, 0.2) is 102 Å². The molecule has 8 atom stereocenters. The summed E-state index contributed by atoms with van der Waals surface area (Å²) in [4.78, 5) is 61.9. The topological polar surface area (TPSA) is 286 Å². The summed E-state index contributed by atoms with van der Waals surface area (Å²) < 4.78 is 56.6. The summed E-state index contributed by atoms with van der Waals surface area (Å²) in [5.74, 6) is -1.54. The van der Waals surface area contributed by atoms with Crippen LogP contribution < -0.4 is 11.4 Å². The van der Waals surface area contributed by atoms with E-state index in [-0.39, 0.29) is 31.5 Å². The number of hydrogen-bond acceptors (Lipinski definition) is 16. The number of nitrogens with zero attached hydrogens (tertiary/aromatic N) is 2. The molecule has 1 aromatic heterocycles. The number of ether oxygens (including phenoxy) is 3. The first-order chi connectivity index (χ1) is 35.1. The molecule has 1 saturated heterocycles. The molecule has 0 aromatic carbocycles. The molecule has 0 aliphatic carbocycles. The van der Waals surface area contributed by atoms with E-state index >= 15 is 0 Å². The molecule has 1 aromatic rings. The van der Waals surface area contributed by atoms with Crippen molar-refractivity contribution in [1.29, 1.82) is 0 Å². The quantitative estimate of drug-likeness (QED) is 0.0117. The van der Waals surface area contributed by atoms with Gasteiger partial charge in [0.2, 0.25) is 0 Å². The number of phosphoric acid groups is 2. The Labute approximate surface area is 431 Å². The highest BCUT2D eigenvalue weighted by molar-refractivity contribution is 7.61. The van der Waals surface area contributed by atoms with E-state index in [1.54, 1.807) is 12.2 Å². The monoisotopic (exact) mass is 1070 g/mol. The highest BCUT2D eigenvalue weighted by Crippen LogP contribution is 2.60. The van der Waals surface area contributed by atoms with Crippen molar-refractivity contribution in [3.05, 3.63) is 108 Å². The first kappa shape index (κ1) is 65.0. The predicted octanol–water partition coefficient (Wildman–Crippen LogP) is 9.64. The Morgan fingerprint density at radius 3 is 1.96 bits per heavy atom. The highest BCUT2D eigenvalue weighted by atomic mass is 31.3. The number of unbranched alkanes of at least 4 members (excludes halogenated alkanes) is 10. The maximum atomic E-state index is 12.9. The fourth-order valence-electron chi connectivity index (χ4n) is 7.08. The molecular weight excluding hydrogens is 985 g/mol. The van der Waals surface area contributed by atoms with Crippen LogP contribution in [0.2, 0.25) is 0 Å². The van der Waals surface area contributed by atoms with Crippen LogP contribution >= 0.6 is 15.6 Å². The number of nitrogen functional groups attached to an aromatic ring is 1. The maximum absolute atomic E-state index is 12.9. The zero-order chi connectivity index (χ0) is 53.6.